The number of carbonyl (C=O) groups is 1. The number of amides is 1. The van der Waals surface area contributed by atoms with Crippen molar-refractivity contribution in [3.05, 3.63) is 72.2 Å². The maximum atomic E-state index is 13.8. The summed E-state index contributed by atoms with van der Waals surface area (Å²) in [7, 11) is 0. The highest BCUT2D eigenvalue weighted by Crippen LogP contribution is 2.13. The molecule has 0 aliphatic heterocycles. The summed E-state index contributed by atoms with van der Waals surface area (Å²) < 4.78 is 15.4. The number of hydrogen-bond donors (Lipinski definition) is 1. The first-order valence-electron chi connectivity index (χ1n) is 7.63. The number of rotatable bonds is 6. The van der Waals surface area contributed by atoms with Crippen molar-refractivity contribution in [3.63, 3.8) is 0 Å². The summed E-state index contributed by atoms with van der Waals surface area (Å²) in [5.41, 5.74) is 0.736. The van der Waals surface area contributed by atoms with Crippen LogP contribution in [0.25, 0.3) is 5.82 Å². The number of benzene rings is 1. The van der Waals surface area contributed by atoms with E-state index in [1.807, 2.05) is 0 Å². The van der Waals surface area contributed by atoms with E-state index < -0.39 is 0 Å². The molecule has 0 aliphatic carbocycles. The van der Waals surface area contributed by atoms with Crippen LogP contribution < -0.4 is 0 Å². The predicted molar refractivity (Wildman–Crippen MR) is 87.4 cm³/mol. The Kier molecular flexibility index (Phi) is 5.10. The van der Waals surface area contributed by atoms with Crippen LogP contribution in [0.4, 0.5) is 4.39 Å². The lowest BCUT2D eigenvalue weighted by Gasteiger charge is -2.22. The quantitative estimate of drug-likeness (QED) is 0.733. The van der Waals surface area contributed by atoms with Gasteiger partial charge in [0.2, 0.25) is 0 Å². The van der Waals surface area contributed by atoms with Crippen LogP contribution in [-0.4, -0.2) is 48.8 Å². The van der Waals surface area contributed by atoms with Gasteiger partial charge < -0.3 is 10.0 Å². The number of pyridine rings is 1. The molecule has 7 nitrogen and oxygen atoms in total. The fourth-order valence-electron chi connectivity index (χ4n) is 2.37. The monoisotopic (exact) mass is 341 g/mol. The molecular formula is C17H16FN5O2. The SMILES string of the molecule is O=C(c1ccc(-n2cnnc2)nc1)N(CCO)Cc1ccccc1F. The lowest BCUT2D eigenvalue weighted by molar-refractivity contribution is 0.0705. The average molecular weight is 341 g/mol. The number of aromatic nitrogens is 4. The van der Waals surface area contributed by atoms with Crippen LogP contribution in [0, 0.1) is 5.82 Å². The molecule has 0 bridgehead atoms. The number of carbonyl (C=O) groups excluding carboxylic acids is 1. The first-order valence-corrected chi connectivity index (χ1v) is 7.63. The lowest BCUT2D eigenvalue weighted by atomic mass is 10.1. The molecule has 3 aromatic rings. The lowest BCUT2D eigenvalue weighted by Crippen LogP contribution is -2.33. The van der Waals surface area contributed by atoms with Gasteiger partial charge in [0.1, 0.15) is 24.3 Å². The Morgan fingerprint density at radius 1 is 1.16 bits per heavy atom. The van der Waals surface area contributed by atoms with Crippen LogP contribution in [0.1, 0.15) is 15.9 Å². The fourth-order valence-corrected chi connectivity index (χ4v) is 2.37. The van der Waals surface area contributed by atoms with Gasteiger partial charge in [-0.3, -0.25) is 9.36 Å². The van der Waals surface area contributed by atoms with E-state index in [1.54, 1.807) is 34.9 Å². The highest BCUT2D eigenvalue weighted by atomic mass is 19.1. The summed E-state index contributed by atoms with van der Waals surface area (Å²) in [4.78, 5) is 18.3. The summed E-state index contributed by atoms with van der Waals surface area (Å²) in [6.45, 7) is -0.0496. The van der Waals surface area contributed by atoms with Gasteiger partial charge in [0, 0.05) is 24.8 Å². The van der Waals surface area contributed by atoms with E-state index >= 15 is 0 Å². The van der Waals surface area contributed by atoms with Gasteiger partial charge >= 0.3 is 0 Å². The van der Waals surface area contributed by atoms with Crippen molar-refractivity contribution in [2.45, 2.75) is 6.54 Å². The molecule has 1 aromatic carbocycles. The average Bonchev–Trinajstić information content (AvgIpc) is 3.17. The Hall–Kier alpha value is -3.13. The van der Waals surface area contributed by atoms with E-state index in [0.29, 0.717) is 16.9 Å². The minimum absolute atomic E-state index is 0.0687. The molecule has 2 aromatic heterocycles. The highest BCUT2D eigenvalue weighted by Gasteiger charge is 2.17. The minimum atomic E-state index is -0.390. The number of aliphatic hydroxyl groups excluding tert-OH is 1. The molecule has 0 spiro atoms. The molecule has 1 amide bonds. The van der Waals surface area contributed by atoms with Crippen LogP contribution in [0.5, 0.6) is 0 Å². The van der Waals surface area contributed by atoms with E-state index in [2.05, 4.69) is 15.2 Å². The van der Waals surface area contributed by atoms with E-state index in [0.717, 1.165) is 0 Å². The normalized spacial score (nSPS) is 10.6. The van der Waals surface area contributed by atoms with Crippen molar-refractivity contribution >= 4 is 5.91 Å². The van der Waals surface area contributed by atoms with Crippen LogP contribution in [0.2, 0.25) is 0 Å². The molecule has 2 heterocycles. The second-order valence-electron chi connectivity index (χ2n) is 5.32. The maximum absolute atomic E-state index is 13.8. The Labute approximate surface area is 143 Å². The Bertz CT molecular complexity index is 837. The Morgan fingerprint density at radius 3 is 2.56 bits per heavy atom. The third kappa shape index (κ3) is 3.86. The second-order valence-corrected chi connectivity index (χ2v) is 5.32. The van der Waals surface area contributed by atoms with Gasteiger partial charge in [-0.2, -0.15) is 0 Å². The van der Waals surface area contributed by atoms with Crippen molar-refractivity contribution < 1.29 is 14.3 Å². The number of halogens is 1. The minimum Gasteiger partial charge on any atom is -0.395 e. The van der Waals surface area contributed by atoms with Crippen LogP contribution in [-0.2, 0) is 6.54 Å². The number of hydrogen-bond acceptors (Lipinski definition) is 5. The van der Waals surface area contributed by atoms with Crippen molar-refractivity contribution in [1.82, 2.24) is 24.6 Å². The third-order valence-electron chi connectivity index (χ3n) is 3.65. The van der Waals surface area contributed by atoms with Crippen molar-refractivity contribution in [2.24, 2.45) is 0 Å². The molecule has 0 aliphatic rings. The summed E-state index contributed by atoms with van der Waals surface area (Å²) in [5.74, 6) is -0.149. The molecule has 0 atom stereocenters. The van der Waals surface area contributed by atoms with E-state index in [-0.39, 0.29) is 31.4 Å². The van der Waals surface area contributed by atoms with Crippen LogP contribution in [0.15, 0.2) is 55.2 Å². The summed E-state index contributed by atoms with van der Waals surface area (Å²) in [6.07, 6.45) is 4.43. The predicted octanol–water partition coefficient (Wildman–Crippen LogP) is 1.44. The summed E-state index contributed by atoms with van der Waals surface area (Å²) in [6, 6.07) is 9.53. The number of aliphatic hydroxyl groups is 1. The van der Waals surface area contributed by atoms with Crippen LogP contribution in [0.3, 0.4) is 0 Å². The molecule has 0 saturated heterocycles. The smallest absolute Gasteiger partial charge is 0.255 e. The first kappa shape index (κ1) is 16.7. The topological polar surface area (TPSA) is 84.1 Å². The molecular weight excluding hydrogens is 325 g/mol. The van der Waals surface area contributed by atoms with E-state index in [4.69, 9.17) is 0 Å². The molecule has 25 heavy (non-hydrogen) atoms. The van der Waals surface area contributed by atoms with Gasteiger partial charge in [0.15, 0.2) is 0 Å². The van der Waals surface area contributed by atoms with Gasteiger partial charge in [-0.1, -0.05) is 18.2 Å². The molecule has 3 rings (SSSR count). The fraction of sp³-hybridized carbons (Fsp3) is 0.176. The van der Waals surface area contributed by atoms with Gasteiger partial charge in [-0.15, -0.1) is 10.2 Å². The van der Waals surface area contributed by atoms with E-state index in [9.17, 15) is 14.3 Å². The van der Waals surface area contributed by atoms with Gasteiger partial charge in [0.25, 0.3) is 5.91 Å². The molecule has 0 saturated carbocycles. The van der Waals surface area contributed by atoms with Gasteiger partial charge in [-0.05, 0) is 18.2 Å². The zero-order chi connectivity index (χ0) is 17.6. The first-order chi connectivity index (χ1) is 12.2. The Morgan fingerprint density at radius 2 is 1.92 bits per heavy atom. The molecule has 8 heteroatoms. The number of nitrogens with zero attached hydrogens (tertiary/aromatic N) is 5. The third-order valence-corrected chi connectivity index (χ3v) is 3.65. The largest absolute Gasteiger partial charge is 0.395 e. The highest BCUT2D eigenvalue weighted by molar-refractivity contribution is 5.94. The van der Waals surface area contributed by atoms with Crippen molar-refractivity contribution in [2.75, 3.05) is 13.2 Å². The van der Waals surface area contributed by atoms with Crippen molar-refractivity contribution in [3.8, 4) is 5.82 Å². The molecule has 0 fully saturated rings. The zero-order valence-corrected chi connectivity index (χ0v) is 13.3. The van der Waals surface area contributed by atoms with Crippen molar-refractivity contribution in [1.29, 1.82) is 0 Å². The summed E-state index contributed by atoms with van der Waals surface area (Å²) >= 11 is 0. The molecule has 0 radical (unpaired) electrons. The molecule has 0 unspecified atom stereocenters. The van der Waals surface area contributed by atoms with Gasteiger partial charge in [-0.25, -0.2) is 9.37 Å². The maximum Gasteiger partial charge on any atom is 0.255 e. The van der Waals surface area contributed by atoms with Gasteiger partial charge in [0.05, 0.1) is 12.2 Å². The zero-order valence-electron chi connectivity index (χ0n) is 13.3. The van der Waals surface area contributed by atoms with Crippen LogP contribution >= 0.6 is 0 Å². The standard InChI is InChI=1S/C17H16FN5O2/c18-15-4-2-1-3-14(15)10-22(7-8-24)17(25)13-5-6-16(19-9-13)23-11-20-21-12-23/h1-6,9,11-12,24H,7-8,10H2. The second kappa shape index (κ2) is 7.63. The summed E-state index contributed by atoms with van der Waals surface area (Å²) in [5, 5.41) is 16.6. The van der Waals surface area contributed by atoms with E-state index in [1.165, 1.54) is 29.8 Å². The Balaban J connectivity index is 1.79. The molecule has 128 valence electrons. The molecule has 1 N–H and O–H groups in total.